The van der Waals surface area contributed by atoms with Crippen LogP contribution in [0.2, 0.25) is 0 Å². The van der Waals surface area contributed by atoms with Crippen LogP contribution in [0.3, 0.4) is 0 Å². The third-order valence-electron chi connectivity index (χ3n) is 2.89. The van der Waals surface area contributed by atoms with E-state index < -0.39 is 0 Å². The number of hydrogen-bond acceptors (Lipinski definition) is 4. The molecule has 1 heterocycles. The number of amidine groups is 1. The normalized spacial score (nSPS) is 19.6. The predicted molar refractivity (Wildman–Crippen MR) is 70.8 cm³/mol. The van der Waals surface area contributed by atoms with Crippen LogP contribution in [0.1, 0.15) is 11.5 Å². The zero-order valence-corrected chi connectivity index (χ0v) is 10.7. The van der Waals surface area contributed by atoms with Gasteiger partial charge in [0.2, 0.25) is 0 Å². The molecule has 0 amide bonds. The van der Waals surface area contributed by atoms with Gasteiger partial charge in [-0.1, -0.05) is 23.4 Å². The minimum Gasteiger partial charge on any atom is -0.409 e. The van der Waals surface area contributed by atoms with E-state index in [1.807, 2.05) is 18.8 Å². The first-order valence-corrected chi connectivity index (χ1v) is 6.56. The highest BCUT2D eigenvalue weighted by molar-refractivity contribution is 7.99. The first kappa shape index (κ1) is 12.3. The summed E-state index contributed by atoms with van der Waals surface area (Å²) in [5.41, 5.74) is 6.92. The monoisotopic (exact) mass is 251 g/mol. The van der Waals surface area contributed by atoms with Crippen molar-refractivity contribution in [3.8, 4) is 0 Å². The predicted octanol–water partition coefficient (Wildman–Crippen LogP) is 1.55. The minimum atomic E-state index is 0.256. The number of thioether (sulfide) groups is 1. The summed E-state index contributed by atoms with van der Waals surface area (Å²) >= 11 is 1.91. The molecule has 4 nitrogen and oxygen atoms in total. The third-order valence-corrected chi connectivity index (χ3v) is 4.14. The number of nitrogens with two attached hydrogens (primary N) is 1. The summed E-state index contributed by atoms with van der Waals surface area (Å²) in [6.07, 6.45) is 0. The molecule has 1 atom stereocenters. The van der Waals surface area contributed by atoms with Crippen LogP contribution in [0, 0.1) is 0 Å². The molecule has 1 aliphatic rings. The second-order valence-corrected chi connectivity index (χ2v) is 5.40. The summed E-state index contributed by atoms with van der Waals surface area (Å²) in [5.74, 6) is 1.90. The van der Waals surface area contributed by atoms with Crippen LogP contribution in [0.15, 0.2) is 34.3 Å². The van der Waals surface area contributed by atoms with Crippen molar-refractivity contribution in [1.29, 1.82) is 0 Å². The SMILES string of the molecule is CN(CC(N)=NO)CC1CSc2ccccc21. The first-order chi connectivity index (χ1) is 8.20. The average molecular weight is 251 g/mol. The smallest absolute Gasteiger partial charge is 0.153 e. The number of nitrogens with zero attached hydrogens (tertiary/aromatic N) is 2. The zero-order valence-electron chi connectivity index (χ0n) is 9.84. The lowest BCUT2D eigenvalue weighted by Gasteiger charge is -2.20. The number of benzene rings is 1. The molecule has 92 valence electrons. The fourth-order valence-electron chi connectivity index (χ4n) is 2.13. The van der Waals surface area contributed by atoms with Crippen LogP contribution in [0.4, 0.5) is 0 Å². The molecule has 1 aromatic carbocycles. The molecule has 1 aromatic rings. The van der Waals surface area contributed by atoms with Gasteiger partial charge < -0.3 is 10.9 Å². The lowest BCUT2D eigenvalue weighted by molar-refractivity contribution is 0.307. The van der Waals surface area contributed by atoms with E-state index in [4.69, 9.17) is 10.9 Å². The minimum absolute atomic E-state index is 0.256. The first-order valence-electron chi connectivity index (χ1n) is 5.57. The topological polar surface area (TPSA) is 61.8 Å². The van der Waals surface area contributed by atoms with Crippen LogP contribution in [0.5, 0.6) is 0 Å². The Morgan fingerprint density at radius 1 is 1.59 bits per heavy atom. The maximum atomic E-state index is 8.53. The highest BCUT2D eigenvalue weighted by Crippen LogP contribution is 2.39. The quantitative estimate of drug-likeness (QED) is 0.369. The van der Waals surface area contributed by atoms with Gasteiger partial charge in [-0.2, -0.15) is 0 Å². The molecule has 0 bridgehead atoms. The molecule has 17 heavy (non-hydrogen) atoms. The third kappa shape index (κ3) is 2.92. The molecule has 3 N–H and O–H groups in total. The number of fused-ring (bicyclic) bond motifs is 1. The molecule has 0 saturated heterocycles. The van der Waals surface area contributed by atoms with Crippen molar-refractivity contribution >= 4 is 17.6 Å². The fraction of sp³-hybridized carbons (Fsp3) is 0.417. The molecule has 2 rings (SSSR count). The Morgan fingerprint density at radius 3 is 3.12 bits per heavy atom. The molecule has 1 unspecified atom stereocenters. The molecular weight excluding hydrogens is 234 g/mol. The van der Waals surface area contributed by atoms with Gasteiger partial charge in [0, 0.05) is 23.1 Å². The Hall–Kier alpha value is -1.20. The van der Waals surface area contributed by atoms with Gasteiger partial charge in [-0.15, -0.1) is 11.8 Å². The molecule has 0 radical (unpaired) electrons. The van der Waals surface area contributed by atoms with Gasteiger partial charge in [0.15, 0.2) is 5.84 Å². The van der Waals surface area contributed by atoms with Gasteiger partial charge in [0.1, 0.15) is 0 Å². The summed E-state index contributed by atoms with van der Waals surface area (Å²) in [7, 11) is 1.99. The van der Waals surface area contributed by atoms with E-state index in [1.54, 1.807) is 0 Å². The van der Waals surface area contributed by atoms with Crippen molar-refractivity contribution < 1.29 is 5.21 Å². The van der Waals surface area contributed by atoms with Crippen LogP contribution < -0.4 is 5.73 Å². The van der Waals surface area contributed by atoms with Crippen molar-refractivity contribution in [2.45, 2.75) is 10.8 Å². The van der Waals surface area contributed by atoms with E-state index in [-0.39, 0.29) is 5.84 Å². The maximum Gasteiger partial charge on any atom is 0.153 e. The summed E-state index contributed by atoms with van der Waals surface area (Å²) in [6, 6.07) is 8.52. The molecule has 0 aromatic heterocycles. The summed E-state index contributed by atoms with van der Waals surface area (Å²) in [6.45, 7) is 1.43. The van der Waals surface area contributed by atoms with E-state index in [1.165, 1.54) is 10.5 Å². The van der Waals surface area contributed by atoms with E-state index in [9.17, 15) is 0 Å². The largest absolute Gasteiger partial charge is 0.409 e. The van der Waals surface area contributed by atoms with E-state index >= 15 is 0 Å². The number of likely N-dealkylation sites (N-methyl/N-ethyl adjacent to an activating group) is 1. The van der Waals surface area contributed by atoms with Gasteiger partial charge in [-0.25, -0.2) is 0 Å². The number of oxime groups is 1. The second-order valence-electron chi connectivity index (χ2n) is 4.33. The molecule has 1 aliphatic heterocycles. The van der Waals surface area contributed by atoms with Gasteiger partial charge in [0.25, 0.3) is 0 Å². The summed E-state index contributed by atoms with van der Waals surface area (Å²) < 4.78 is 0. The highest BCUT2D eigenvalue weighted by atomic mass is 32.2. The van der Waals surface area contributed by atoms with Gasteiger partial charge >= 0.3 is 0 Å². The molecule has 0 saturated carbocycles. The summed E-state index contributed by atoms with van der Waals surface area (Å²) in [5, 5.41) is 11.5. The van der Waals surface area contributed by atoms with Gasteiger partial charge in [0.05, 0.1) is 6.54 Å². The Kier molecular flexibility index (Phi) is 3.91. The van der Waals surface area contributed by atoms with Gasteiger partial charge in [-0.05, 0) is 18.7 Å². The van der Waals surface area contributed by atoms with Crippen molar-refractivity contribution in [2.24, 2.45) is 10.9 Å². The van der Waals surface area contributed by atoms with E-state index in [0.29, 0.717) is 12.5 Å². The van der Waals surface area contributed by atoms with E-state index in [0.717, 1.165) is 12.3 Å². The number of hydrogen-bond donors (Lipinski definition) is 2. The Balaban J connectivity index is 1.97. The van der Waals surface area contributed by atoms with Crippen LogP contribution in [0.25, 0.3) is 0 Å². The molecule has 0 fully saturated rings. The van der Waals surface area contributed by atoms with E-state index in [2.05, 4.69) is 34.3 Å². The van der Waals surface area contributed by atoms with Crippen molar-refractivity contribution in [2.75, 3.05) is 25.9 Å². The maximum absolute atomic E-state index is 8.53. The second kappa shape index (κ2) is 5.42. The lowest BCUT2D eigenvalue weighted by atomic mass is 10.0. The lowest BCUT2D eigenvalue weighted by Crippen LogP contribution is -2.33. The zero-order chi connectivity index (χ0) is 12.3. The van der Waals surface area contributed by atoms with Crippen molar-refractivity contribution in [3.05, 3.63) is 29.8 Å². The Morgan fingerprint density at radius 2 is 2.35 bits per heavy atom. The Bertz CT molecular complexity index is 422. The van der Waals surface area contributed by atoms with Crippen LogP contribution >= 0.6 is 11.8 Å². The average Bonchev–Trinajstić information content (AvgIpc) is 2.72. The fourth-order valence-corrected chi connectivity index (χ4v) is 3.37. The molecule has 5 heteroatoms. The molecular formula is C12H17N3OS. The number of rotatable bonds is 4. The van der Waals surface area contributed by atoms with Crippen LogP contribution in [-0.2, 0) is 0 Å². The standard InChI is InChI=1S/C12H17N3OS/c1-15(7-12(13)14-16)6-9-8-17-11-5-3-2-4-10(9)11/h2-5,9,16H,6-8H2,1H3,(H2,13,14). The molecule has 0 spiro atoms. The molecule has 0 aliphatic carbocycles. The van der Waals surface area contributed by atoms with Crippen molar-refractivity contribution in [3.63, 3.8) is 0 Å². The van der Waals surface area contributed by atoms with Crippen molar-refractivity contribution in [1.82, 2.24) is 4.90 Å². The van der Waals surface area contributed by atoms with Crippen LogP contribution in [-0.4, -0.2) is 41.8 Å². The highest BCUT2D eigenvalue weighted by Gasteiger charge is 2.23. The summed E-state index contributed by atoms with van der Waals surface area (Å²) in [4.78, 5) is 3.47. The Labute approximate surface area is 105 Å². The van der Waals surface area contributed by atoms with Gasteiger partial charge in [-0.3, -0.25) is 4.90 Å².